The molecule has 0 spiro atoms. The molecule has 0 fully saturated rings. The van der Waals surface area contributed by atoms with Gasteiger partial charge in [0, 0.05) is 39.6 Å². The molecule has 1 heterocycles. The highest BCUT2D eigenvalue weighted by Gasteiger charge is 2.03. The second kappa shape index (κ2) is 11.3. The lowest BCUT2D eigenvalue weighted by Crippen LogP contribution is -2.40. The second-order valence-electron chi connectivity index (χ2n) is 6.30. The first-order chi connectivity index (χ1) is 12.7. The van der Waals surface area contributed by atoms with Gasteiger partial charge in [0.25, 0.3) is 0 Å². The van der Waals surface area contributed by atoms with Gasteiger partial charge in [0.15, 0.2) is 5.96 Å². The number of guanidine groups is 1. The van der Waals surface area contributed by atoms with Crippen LogP contribution in [-0.2, 0) is 19.5 Å². The lowest BCUT2D eigenvalue weighted by Gasteiger charge is -2.17. The van der Waals surface area contributed by atoms with Crippen LogP contribution in [0.1, 0.15) is 24.7 Å². The van der Waals surface area contributed by atoms with Gasteiger partial charge in [-0.1, -0.05) is 37.3 Å². The zero-order valence-corrected chi connectivity index (χ0v) is 16.1. The van der Waals surface area contributed by atoms with Crippen LogP contribution in [0.25, 0.3) is 0 Å². The number of aliphatic imine (C=N–C) groups is 1. The predicted molar refractivity (Wildman–Crippen MR) is 106 cm³/mol. The van der Waals surface area contributed by atoms with E-state index >= 15 is 0 Å². The maximum absolute atomic E-state index is 4.27. The number of aromatic nitrogens is 3. The molecule has 0 bridgehead atoms. The van der Waals surface area contributed by atoms with Gasteiger partial charge in [0.05, 0.1) is 0 Å². The van der Waals surface area contributed by atoms with Gasteiger partial charge in [0.2, 0.25) is 0 Å². The molecule has 0 amide bonds. The minimum absolute atomic E-state index is 0.790. The SMILES string of the molecule is CCc1nncn1CCNC(=NC)NCCCN(C)Cc1ccccc1. The molecule has 142 valence electrons. The highest BCUT2D eigenvalue weighted by atomic mass is 15.3. The Hall–Kier alpha value is -2.41. The summed E-state index contributed by atoms with van der Waals surface area (Å²) in [7, 11) is 3.96. The maximum atomic E-state index is 4.27. The summed E-state index contributed by atoms with van der Waals surface area (Å²) in [5.41, 5.74) is 1.35. The van der Waals surface area contributed by atoms with Gasteiger partial charge in [-0.3, -0.25) is 4.99 Å². The minimum Gasteiger partial charge on any atom is -0.356 e. The number of nitrogens with one attached hydrogen (secondary N) is 2. The Bertz CT molecular complexity index is 651. The Kier molecular flexibility index (Phi) is 8.62. The van der Waals surface area contributed by atoms with Crippen LogP contribution in [0.2, 0.25) is 0 Å². The monoisotopic (exact) mass is 357 g/mol. The molecule has 0 aliphatic heterocycles. The van der Waals surface area contributed by atoms with E-state index in [-0.39, 0.29) is 0 Å². The van der Waals surface area contributed by atoms with Crippen molar-refractivity contribution in [1.82, 2.24) is 30.3 Å². The van der Waals surface area contributed by atoms with Crippen molar-refractivity contribution in [2.24, 2.45) is 4.99 Å². The lowest BCUT2D eigenvalue weighted by atomic mass is 10.2. The van der Waals surface area contributed by atoms with E-state index in [4.69, 9.17) is 0 Å². The molecular formula is C19H31N7. The zero-order valence-electron chi connectivity index (χ0n) is 16.1. The van der Waals surface area contributed by atoms with Crippen LogP contribution in [0.5, 0.6) is 0 Å². The van der Waals surface area contributed by atoms with Crippen molar-refractivity contribution >= 4 is 5.96 Å². The van der Waals surface area contributed by atoms with Gasteiger partial charge >= 0.3 is 0 Å². The molecule has 0 aliphatic rings. The van der Waals surface area contributed by atoms with Crippen molar-refractivity contribution in [2.75, 3.05) is 33.7 Å². The number of rotatable bonds is 10. The first-order valence-electron chi connectivity index (χ1n) is 9.26. The first-order valence-corrected chi connectivity index (χ1v) is 9.26. The van der Waals surface area contributed by atoms with Crippen molar-refractivity contribution in [3.63, 3.8) is 0 Å². The van der Waals surface area contributed by atoms with Gasteiger partial charge in [-0.2, -0.15) is 0 Å². The van der Waals surface area contributed by atoms with E-state index < -0.39 is 0 Å². The topological polar surface area (TPSA) is 70.4 Å². The highest BCUT2D eigenvalue weighted by Crippen LogP contribution is 2.02. The van der Waals surface area contributed by atoms with Crippen molar-refractivity contribution in [3.8, 4) is 0 Å². The standard InChI is InChI=1S/C19H31N7/c1-4-18-24-23-16-26(18)14-12-22-19(20-2)21-11-8-13-25(3)15-17-9-6-5-7-10-17/h5-7,9-10,16H,4,8,11-15H2,1-3H3,(H2,20,21,22). The van der Waals surface area contributed by atoms with Crippen LogP contribution in [0.15, 0.2) is 41.7 Å². The van der Waals surface area contributed by atoms with E-state index in [0.717, 1.165) is 57.3 Å². The number of aryl methyl sites for hydroxylation is 1. The smallest absolute Gasteiger partial charge is 0.191 e. The average molecular weight is 358 g/mol. The van der Waals surface area contributed by atoms with Gasteiger partial charge in [-0.05, 0) is 25.6 Å². The summed E-state index contributed by atoms with van der Waals surface area (Å²) in [6.45, 7) is 6.62. The summed E-state index contributed by atoms with van der Waals surface area (Å²) >= 11 is 0. The molecule has 7 nitrogen and oxygen atoms in total. The molecule has 26 heavy (non-hydrogen) atoms. The fraction of sp³-hybridized carbons (Fsp3) is 0.526. The number of benzene rings is 1. The Morgan fingerprint density at radius 2 is 1.96 bits per heavy atom. The molecule has 0 saturated carbocycles. The van der Waals surface area contributed by atoms with Gasteiger partial charge in [-0.25, -0.2) is 0 Å². The van der Waals surface area contributed by atoms with Crippen LogP contribution in [0.3, 0.4) is 0 Å². The van der Waals surface area contributed by atoms with Crippen LogP contribution in [0, 0.1) is 0 Å². The summed E-state index contributed by atoms with van der Waals surface area (Å²) in [6, 6.07) is 10.6. The molecule has 0 radical (unpaired) electrons. The van der Waals surface area contributed by atoms with Crippen molar-refractivity contribution in [3.05, 3.63) is 48.0 Å². The van der Waals surface area contributed by atoms with E-state index in [0.29, 0.717) is 0 Å². The van der Waals surface area contributed by atoms with Crippen molar-refractivity contribution in [2.45, 2.75) is 32.9 Å². The Labute approximate surface area is 156 Å². The fourth-order valence-corrected chi connectivity index (χ4v) is 2.78. The van der Waals surface area contributed by atoms with E-state index in [2.05, 4.69) is 79.6 Å². The van der Waals surface area contributed by atoms with Crippen molar-refractivity contribution in [1.29, 1.82) is 0 Å². The predicted octanol–water partition coefficient (Wildman–Crippen LogP) is 1.53. The molecule has 1 aromatic carbocycles. The van der Waals surface area contributed by atoms with Crippen LogP contribution < -0.4 is 10.6 Å². The van der Waals surface area contributed by atoms with Gasteiger partial charge in [-0.15, -0.1) is 10.2 Å². The highest BCUT2D eigenvalue weighted by molar-refractivity contribution is 5.79. The largest absolute Gasteiger partial charge is 0.356 e. The first kappa shape index (κ1) is 19.9. The Morgan fingerprint density at radius 1 is 1.19 bits per heavy atom. The van der Waals surface area contributed by atoms with E-state index in [1.165, 1.54) is 5.56 Å². The third kappa shape index (κ3) is 6.84. The Balaban J connectivity index is 1.60. The third-order valence-corrected chi connectivity index (χ3v) is 4.19. The molecule has 0 aliphatic carbocycles. The Morgan fingerprint density at radius 3 is 2.69 bits per heavy atom. The van der Waals surface area contributed by atoms with Gasteiger partial charge < -0.3 is 20.1 Å². The molecule has 0 atom stereocenters. The minimum atomic E-state index is 0.790. The lowest BCUT2D eigenvalue weighted by molar-refractivity contribution is 0.322. The van der Waals surface area contributed by atoms with E-state index in [9.17, 15) is 0 Å². The van der Waals surface area contributed by atoms with Crippen LogP contribution in [-0.4, -0.2) is 59.4 Å². The molecule has 2 rings (SSSR count). The number of hydrogen-bond donors (Lipinski definition) is 2. The quantitative estimate of drug-likeness (QED) is 0.383. The summed E-state index contributed by atoms with van der Waals surface area (Å²) in [5.74, 6) is 1.85. The molecule has 1 aromatic heterocycles. The second-order valence-corrected chi connectivity index (χ2v) is 6.30. The van der Waals surface area contributed by atoms with E-state index in [1.54, 1.807) is 13.4 Å². The molecule has 2 aromatic rings. The molecule has 0 unspecified atom stereocenters. The van der Waals surface area contributed by atoms with Gasteiger partial charge in [0.1, 0.15) is 12.2 Å². The summed E-state index contributed by atoms with van der Waals surface area (Å²) in [4.78, 5) is 6.61. The summed E-state index contributed by atoms with van der Waals surface area (Å²) in [6.07, 6.45) is 3.73. The molecule has 0 saturated heterocycles. The maximum Gasteiger partial charge on any atom is 0.191 e. The van der Waals surface area contributed by atoms with Crippen molar-refractivity contribution < 1.29 is 0 Å². The summed E-state index contributed by atoms with van der Waals surface area (Å²) < 4.78 is 2.07. The fourth-order valence-electron chi connectivity index (χ4n) is 2.78. The van der Waals surface area contributed by atoms with Crippen LogP contribution >= 0.6 is 0 Å². The number of hydrogen-bond acceptors (Lipinski definition) is 4. The van der Waals surface area contributed by atoms with Crippen LogP contribution in [0.4, 0.5) is 0 Å². The zero-order chi connectivity index (χ0) is 18.6. The average Bonchev–Trinajstić information content (AvgIpc) is 3.12. The number of nitrogens with zero attached hydrogens (tertiary/aromatic N) is 5. The molecule has 2 N–H and O–H groups in total. The molecule has 7 heteroatoms. The summed E-state index contributed by atoms with van der Waals surface area (Å²) in [5, 5.41) is 14.8. The third-order valence-electron chi connectivity index (χ3n) is 4.19. The normalized spacial score (nSPS) is 11.8. The molecular weight excluding hydrogens is 326 g/mol. The van der Waals surface area contributed by atoms with E-state index in [1.807, 2.05) is 0 Å².